The van der Waals surface area contributed by atoms with Gasteiger partial charge in [-0.15, -0.1) is 10.2 Å². The molecule has 0 aliphatic carbocycles. The van der Waals surface area contributed by atoms with Crippen molar-refractivity contribution >= 4 is 11.8 Å². The number of hydrogen-bond acceptors (Lipinski definition) is 8. The molecule has 2 N–H and O–H groups in total. The molecule has 0 spiro atoms. The Labute approximate surface area is 160 Å². The molecule has 8 nitrogen and oxygen atoms in total. The second kappa shape index (κ2) is 8.03. The molecule has 144 valence electrons. The largest absolute Gasteiger partial charge is 0.494 e. The number of methoxy groups -OCH3 is 2. The molecule has 0 radical (unpaired) electrons. The number of nitrogens with zero attached hydrogens (tertiary/aromatic N) is 3. The summed E-state index contributed by atoms with van der Waals surface area (Å²) in [6.07, 6.45) is -1.51. The Morgan fingerprint density at radius 1 is 1.07 bits per heavy atom. The molecule has 2 aromatic heterocycles. The Bertz CT molecular complexity index is 899. The van der Waals surface area contributed by atoms with E-state index in [4.69, 9.17) is 13.9 Å². The number of hydrogen-bond donors (Lipinski definition) is 2. The smallest absolute Gasteiger partial charge is 0.205 e. The first-order chi connectivity index (χ1) is 13.0. The summed E-state index contributed by atoms with van der Waals surface area (Å²) in [5.74, 6) is 2.82. The quantitative estimate of drug-likeness (QED) is 0.468. The van der Waals surface area contributed by atoms with E-state index in [1.807, 2.05) is 19.1 Å². The number of ether oxygens (including phenoxy) is 2. The lowest BCUT2D eigenvalue weighted by molar-refractivity contribution is -0.0367. The van der Waals surface area contributed by atoms with Gasteiger partial charge >= 0.3 is 0 Å². The maximum absolute atomic E-state index is 9.48. The van der Waals surface area contributed by atoms with Gasteiger partial charge in [-0.25, -0.2) is 0 Å². The fourth-order valence-corrected chi connectivity index (χ4v) is 3.37. The Kier molecular flexibility index (Phi) is 5.73. The zero-order valence-corrected chi connectivity index (χ0v) is 16.2. The number of aromatic nitrogens is 3. The average molecular weight is 391 g/mol. The third kappa shape index (κ3) is 3.80. The average Bonchev–Trinajstić information content (AvgIpc) is 3.26. The van der Waals surface area contributed by atoms with E-state index in [-0.39, 0.29) is 0 Å². The van der Waals surface area contributed by atoms with Gasteiger partial charge in [-0.1, -0.05) is 17.8 Å². The predicted molar refractivity (Wildman–Crippen MR) is 100 cm³/mol. The van der Waals surface area contributed by atoms with Gasteiger partial charge in [-0.3, -0.25) is 4.57 Å². The topological polar surface area (TPSA) is 103 Å². The van der Waals surface area contributed by atoms with E-state index in [2.05, 4.69) is 10.2 Å². The van der Waals surface area contributed by atoms with Crippen molar-refractivity contribution in [2.24, 2.45) is 0 Å². The summed E-state index contributed by atoms with van der Waals surface area (Å²) in [5.41, 5.74) is 0.596. The minimum absolute atomic E-state index is 0.447. The molecule has 0 amide bonds. The van der Waals surface area contributed by atoms with Crippen molar-refractivity contribution in [2.45, 2.75) is 30.5 Å². The van der Waals surface area contributed by atoms with E-state index in [9.17, 15) is 10.2 Å². The molecular formula is C18H21N3O5S. The van der Waals surface area contributed by atoms with Crippen molar-refractivity contribution in [2.75, 3.05) is 14.2 Å². The highest BCUT2D eigenvalue weighted by Gasteiger charge is 2.26. The third-order valence-electron chi connectivity index (χ3n) is 3.93. The van der Waals surface area contributed by atoms with Crippen molar-refractivity contribution in [3.63, 3.8) is 0 Å². The van der Waals surface area contributed by atoms with Crippen LogP contribution in [0.25, 0.3) is 17.3 Å². The molecule has 0 bridgehead atoms. The first-order valence-electron chi connectivity index (χ1n) is 8.22. The van der Waals surface area contributed by atoms with Crippen LogP contribution in [0.5, 0.6) is 11.5 Å². The fraction of sp³-hybridized carbons (Fsp3) is 0.333. The molecular weight excluding hydrogens is 370 g/mol. The van der Waals surface area contributed by atoms with E-state index in [1.165, 1.54) is 11.8 Å². The summed E-state index contributed by atoms with van der Waals surface area (Å²) >= 11 is 1.17. The summed E-state index contributed by atoms with van der Waals surface area (Å²) in [5, 5.41) is 27.4. The highest BCUT2D eigenvalue weighted by atomic mass is 32.2. The summed E-state index contributed by atoms with van der Waals surface area (Å²) in [6.45, 7) is 3.53. The Morgan fingerprint density at radius 2 is 1.74 bits per heavy atom. The van der Waals surface area contributed by atoms with Gasteiger partial charge in [0.15, 0.2) is 17.2 Å². The zero-order chi connectivity index (χ0) is 19.6. The van der Waals surface area contributed by atoms with Crippen LogP contribution < -0.4 is 9.47 Å². The van der Waals surface area contributed by atoms with E-state index >= 15 is 0 Å². The minimum atomic E-state index is -1.51. The van der Waals surface area contributed by atoms with Gasteiger partial charge in [0.05, 0.1) is 19.5 Å². The van der Waals surface area contributed by atoms with Gasteiger partial charge in [0.2, 0.25) is 5.82 Å². The van der Waals surface area contributed by atoms with Crippen LogP contribution in [0.4, 0.5) is 0 Å². The summed E-state index contributed by atoms with van der Waals surface area (Å²) in [7, 11) is 3.12. The lowest BCUT2D eigenvalue weighted by atomic mass is 10.2. The van der Waals surface area contributed by atoms with Crippen LogP contribution in [0, 0.1) is 6.92 Å². The molecule has 27 heavy (non-hydrogen) atoms. The highest BCUT2D eigenvalue weighted by Crippen LogP contribution is 2.39. The molecule has 0 saturated carbocycles. The zero-order valence-electron chi connectivity index (χ0n) is 15.4. The first kappa shape index (κ1) is 19.3. The molecule has 0 fully saturated rings. The monoisotopic (exact) mass is 391 g/mol. The van der Waals surface area contributed by atoms with Crippen molar-refractivity contribution in [3.05, 3.63) is 36.1 Å². The SMILES string of the molecule is COc1cccc(OC)c1-n1c(SC(C)C(O)O)nnc1-c1ccc(C)o1. The van der Waals surface area contributed by atoms with Crippen LogP contribution in [0.1, 0.15) is 12.7 Å². The first-order valence-corrected chi connectivity index (χ1v) is 9.10. The van der Waals surface area contributed by atoms with Gasteiger partial charge in [-0.2, -0.15) is 0 Å². The minimum Gasteiger partial charge on any atom is -0.494 e. The molecule has 0 saturated heterocycles. The maximum Gasteiger partial charge on any atom is 0.205 e. The Hall–Kier alpha value is -2.49. The van der Waals surface area contributed by atoms with Gasteiger partial charge in [0.1, 0.15) is 22.9 Å². The van der Waals surface area contributed by atoms with Crippen molar-refractivity contribution in [1.82, 2.24) is 14.8 Å². The van der Waals surface area contributed by atoms with Gasteiger partial charge < -0.3 is 24.1 Å². The summed E-state index contributed by atoms with van der Waals surface area (Å²) in [4.78, 5) is 0. The number of aliphatic hydroxyl groups is 2. The van der Waals surface area contributed by atoms with Crippen LogP contribution in [0.15, 0.2) is 39.9 Å². The number of aliphatic hydroxyl groups excluding tert-OH is 1. The second-order valence-electron chi connectivity index (χ2n) is 5.80. The van der Waals surface area contributed by atoms with Gasteiger partial charge in [-0.05, 0) is 38.1 Å². The molecule has 0 aliphatic heterocycles. The van der Waals surface area contributed by atoms with Crippen LogP contribution in [0.2, 0.25) is 0 Å². The van der Waals surface area contributed by atoms with Crippen molar-refractivity contribution in [3.8, 4) is 28.8 Å². The number of para-hydroxylation sites is 1. The van der Waals surface area contributed by atoms with Crippen molar-refractivity contribution < 1.29 is 24.1 Å². The second-order valence-corrected chi connectivity index (χ2v) is 7.14. The van der Waals surface area contributed by atoms with E-state index in [0.717, 1.165) is 5.76 Å². The highest BCUT2D eigenvalue weighted by molar-refractivity contribution is 7.99. The lowest BCUT2D eigenvalue weighted by Crippen LogP contribution is -2.19. The normalized spacial score (nSPS) is 12.4. The summed E-state index contributed by atoms with van der Waals surface area (Å²) in [6, 6.07) is 9.05. The van der Waals surface area contributed by atoms with Crippen molar-refractivity contribution in [1.29, 1.82) is 0 Å². The molecule has 1 aromatic carbocycles. The number of aryl methyl sites for hydroxylation is 1. The third-order valence-corrected chi connectivity index (χ3v) is 5.02. The van der Waals surface area contributed by atoms with Gasteiger partial charge in [0, 0.05) is 0 Å². The standard InChI is InChI=1S/C18H21N3O5S/c1-10-8-9-14(26-10)16-19-20-18(27-11(2)17(22)23)21(16)15-12(24-3)6-5-7-13(15)25-4/h5-9,11,17,22-23H,1-4H3. The number of furan rings is 1. The lowest BCUT2D eigenvalue weighted by Gasteiger charge is -2.18. The van der Waals surface area contributed by atoms with E-state index < -0.39 is 11.5 Å². The summed E-state index contributed by atoms with van der Waals surface area (Å²) < 4.78 is 18.5. The van der Waals surface area contributed by atoms with Gasteiger partial charge in [0.25, 0.3) is 0 Å². The Morgan fingerprint density at radius 3 is 2.26 bits per heavy atom. The number of rotatable bonds is 7. The fourth-order valence-electron chi connectivity index (χ4n) is 2.54. The predicted octanol–water partition coefficient (Wildman–Crippen LogP) is 2.64. The van der Waals surface area contributed by atoms with Crippen LogP contribution in [0.3, 0.4) is 0 Å². The molecule has 2 heterocycles. The molecule has 1 unspecified atom stereocenters. The van der Waals surface area contributed by atoms with E-state index in [0.29, 0.717) is 33.9 Å². The molecule has 0 aliphatic rings. The van der Waals surface area contributed by atoms with Crippen LogP contribution in [-0.2, 0) is 0 Å². The molecule has 9 heteroatoms. The maximum atomic E-state index is 9.48. The number of thioether (sulfide) groups is 1. The number of benzene rings is 1. The molecule has 3 aromatic rings. The van der Waals surface area contributed by atoms with Crippen LogP contribution in [-0.4, -0.2) is 50.7 Å². The Balaban J connectivity index is 2.24. The van der Waals surface area contributed by atoms with E-state index in [1.54, 1.807) is 43.9 Å². The van der Waals surface area contributed by atoms with Crippen LogP contribution >= 0.6 is 11.8 Å². The molecule has 1 atom stereocenters. The molecule has 3 rings (SSSR count).